The fraction of sp³-hybridized carbons (Fsp3) is 0.417. The molecule has 2 N–H and O–H groups in total. The average molecular weight is 263 g/mol. The second-order valence-electron chi connectivity index (χ2n) is 4.25. The van der Waals surface area contributed by atoms with E-state index in [1.807, 2.05) is 20.0 Å². The van der Waals surface area contributed by atoms with Crippen molar-refractivity contribution in [2.24, 2.45) is 7.05 Å². The van der Waals surface area contributed by atoms with Crippen molar-refractivity contribution in [2.75, 3.05) is 12.3 Å². The quantitative estimate of drug-likeness (QED) is 0.822. The molecule has 0 unspecified atom stereocenters. The van der Waals surface area contributed by atoms with E-state index in [2.05, 4.69) is 10.2 Å². The number of carbonyl (C=O) groups is 1. The van der Waals surface area contributed by atoms with Gasteiger partial charge in [0.25, 0.3) is 0 Å². The third kappa shape index (κ3) is 2.75. The number of aromatic nitrogens is 4. The molecule has 0 aromatic carbocycles. The molecule has 102 valence electrons. The van der Waals surface area contributed by atoms with E-state index in [0.29, 0.717) is 18.8 Å². The Morgan fingerprint density at radius 2 is 2.21 bits per heavy atom. The Hall–Kier alpha value is -2.31. The van der Waals surface area contributed by atoms with Crippen LogP contribution < -0.4 is 5.73 Å². The molecule has 0 amide bonds. The number of anilines is 1. The van der Waals surface area contributed by atoms with Crippen LogP contribution in [0.2, 0.25) is 0 Å². The lowest BCUT2D eigenvalue weighted by molar-refractivity contribution is 0.0519. The fourth-order valence-corrected chi connectivity index (χ4v) is 1.85. The van der Waals surface area contributed by atoms with E-state index in [1.54, 1.807) is 22.5 Å². The largest absolute Gasteiger partial charge is 0.461 e. The summed E-state index contributed by atoms with van der Waals surface area (Å²) in [5.41, 5.74) is 8.15. The Labute approximate surface area is 111 Å². The molecular formula is C12H17N5O2. The highest BCUT2D eigenvalue weighted by Crippen LogP contribution is 2.12. The first kappa shape index (κ1) is 13.1. The van der Waals surface area contributed by atoms with Gasteiger partial charge in [-0.1, -0.05) is 0 Å². The minimum atomic E-state index is -0.500. The second kappa shape index (κ2) is 5.13. The monoisotopic (exact) mass is 263 g/mol. The molecular weight excluding hydrogens is 246 g/mol. The summed E-state index contributed by atoms with van der Waals surface area (Å²) in [6.45, 7) is 4.46. The predicted molar refractivity (Wildman–Crippen MR) is 69.6 cm³/mol. The molecule has 2 aromatic rings. The topological polar surface area (TPSA) is 88.0 Å². The zero-order valence-corrected chi connectivity index (χ0v) is 11.3. The van der Waals surface area contributed by atoms with E-state index in [0.717, 1.165) is 11.4 Å². The summed E-state index contributed by atoms with van der Waals surface area (Å²) in [7, 11) is 1.86. The van der Waals surface area contributed by atoms with Gasteiger partial charge in [-0.05, 0) is 19.9 Å². The van der Waals surface area contributed by atoms with Crippen molar-refractivity contribution in [3.63, 3.8) is 0 Å². The maximum Gasteiger partial charge on any atom is 0.361 e. The molecule has 0 bridgehead atoms. The van der Waals surface area contributed by atoms with E-state index in [-0.39, 0.29) is 5.69 Å². The van der Waals surface area contributed by atoms with Crippen molar-refractivity contribution in [1.29, 1.82) is 0 Å². The second-order valence-corrected chi connectivity index (χ2v) is 4.25. The SMILES string of the molecule is CCOC(=O)c1nn(Cc2cc(C)nn2C)cc1N. The maximum absolute atomic E-state index is 11.6. The van der Waals surface area contributed by atoms with E-state index >= 15 is 0 Å². The van der Waals surface area contributed by atoms with Crippen LogP contribution in [0, 0.1) is 6.92 Å². The van der Waals surface area contributed by atoms with Crippen LogP contribution in [0.25, 0.3) is 0 Å². The Balaban J connectivity index is 2.21. The fourth-order valence-electron chi connectivity index (χ4n) is 1.85. The van der Waals surface area contributed by atoms with Crippen LogP contribution in [0.3, 0.4) is 0 Å². The maximum atomic E-state index is 11.6. The molecule has 0 saturated carbocycles. The van der Waals surface area contributed by atoms with E-state index in [9.17, 15) is 4.79 Å². The summed E-state index contributed by atoms with van der Waals surface area (Å²) in [5.74, 6) is -0.500. The molecule has 2 rings (SSSR count). The number of ether oxygens (including phenoxy) is 1. The van der Waals surface area contributed by atoms with Crippen molar-refractivity contribution in [3.8, 4) is 0 Å². The van der Waals surface area contributed by atoms with Gasteiger partial charge in [-0.15, -0.1) is 0 Å². The van der Waals surface area contributed by atoms with Crippen LogP contribution in [-0.2, 0) is 18.3 Å². The third-order valence-electron chi connectivity index (χ3n) is 2.68. The summed E-state index contributed by atoms with van der Waals surface area (Å²) in [6, 6.07) is 1.96. The summed E-state index contributed by atoms with van der Waals surface area (Å²) >= 11 is 0. The lowest BCUT2D eigenvalue weighted by Crippen LogP contribution is -2.10. The van der Waals surface area contributed by atoms with E-state index in [4.69, 9.17) is 10.5 Å². The number of aryl methyl sites for hydroxylation is 2. The van der Waals surface area contributed by atoms with Gasteiger partial charge in [0.15, 0.2) is 5.69 Å². The molecule has 7 nitrogen and oxygen atoms in total. The Morgan fingerprint density at radius 3 is 2.79 bits per heavy atom. The minimum Gasteiger partial charge on any atom is -0.461 e. The smallest absolute Gasteiger partial charge is 0.361 e. The molecule has 19 heavy (non-hydrogen) atoms. The number of esters is 1. The number of nitrogen functional groups attached to an aromatic ring is 1. The van der Waals surface area contributed by atoms with Gasteiger partial charge in [0.1, 0.15) is 0 Å². The van der Waals surface area contributed by atoms with E-state index in [1.165, 1.54) is 0 Å². The average Bonchev–Trinajstić information content (AvgIpc) is 2.83. The molecule has 0 radical (unpaired) electrons. The number of carbonyl (C=O) groups excluding carboxylic acids is 1. The van der Waals surface area contributed by atoms with Crippen molar-refractivity contribution < 1.29 is 9.53 Å². The highest BCUT2D eigenvalue weighted by molar-refractivity contribution is 5.92. The van der Waals surface area contributed by atoms with Gasteiger partial charge in [0, 0.05) is 13.2 Å². The van der Waals surface area contributed by atoms with Gasteiger partial charge in [0.2, 0.25) is 0 Å². The molecule has 0 spiro atoms. The Kier molecular flexibility index (Phi) is 3.55. The standard InChI is InChI=1S/C12H17N5O2/c1-4-19-12(18)11-10(13)7-17(15-11)6-9-5-8(2)14-16(9)3/h5,7H,4,6,13H2,1-3H3. The van der Waals surface area contributed by atoms with Gasteiger partial charge in [-0.2, -0.15) is 10.2 Å². The number of hydrogen-bond acceptors (Lipinski definition) is 5. The summed E-state index contributed by atoms with van der Waals surface area (Å²) < 4.78 is 8.27. The molecule has 7 heteroatoms. The van der Waals surface area contributed by atoms with Crippen LogP contribution in [0.5, 0.6) is 0 Å². The number of nitrogens with two attached hydrogens (primary N) is 1. The van der Waals surface area contributed by atoms with Crippen molar-refractivity contribution in [3.05, 3.63) is 29.3 Å². The summed E-state index contributed by atoms with van der Waals surface area (Å²) in [6.07, 6.45) is 1.62. The number of rotatable bonds is 4. The van der Waals surface area contributed by atoms with E-state index < -0.39 is 5.97 Å². The van der Waals surface area contributed by atoms with Gasteiger partial charge in [0.05, 0.1) is 30.2 Å². The highest BCUT2D eigenvalue weighted by Gasteiger charge is 2.16. The van der Waals surface area contributed by atoms with Gasteiger partial charge in [-0.25, -0.2) is 4.79 Å². The molecule has 2 heterocycles. The normalized spacial score (nSPS) is 10.7. The zero-order valence-electron chi connectivity index (χ0n) is 11.3. The van der Waals surface area contributed by atoms with Crippen LogP contribution >= 0.6 is 0 Å². The Morgan fingerprint density at radius 1 is 1.47 bits per heavy atom. The first-order chi connectivity index (χ1) is 9.01. The number of hydrogen-bond donors (Lipinski definition) is 1. The summed E-state index contributed by atoms with van der Waals surface area (Å²) in [4.78, 5) is 11.6. The first-order valence-corrected chi connectivity index (χ1v) is 6.00. The highest BCUT2D eigenvalue weighted by atomic mass is 16.5. The lowest BCUT2D eigenvalue weighted by Gasteiger charge is -2.01. The van der Waals surface area contributed by atoms with Crippen LogP contribution in [-0.4, -0.2) is 32.1 Å². The molecule has 0 saturated heterocycles. The van der Waals surface area contributed by atoms with Crippen LogP contribution in [0.4, 0.5) is 5.69 Å². The van der Waals surface area contributed by atoms with Gasteiger partial charge < -0.3 is 10.5 Å². The van der Waals surface area contributed by atoms with Crippen molar-refractivity contribution in [1.82, 2.24) is 19.6 Å². The predicted octanol–water partition coefficient (Wildman–Crippen LogP) is 0.732. The molecule has 2 aromatic heterocycles. The Bertz CT molecular complexity index is 599. The van der Waals surface area contributed by atoms with Crippen molar-refractivity contribution >= 4 is 11.7 Å². The molecule has 0 aliphatic heterocycles. The first-order valence-electron chi connectivity index (χ1n) is 6.00. The third-order valence-corrected chi connectivity index (χ3v) is 2.68. The molecule has 0 aliphatic carbocycles. The minimum absolute atomic E-state index is 0.153. The van der Waals surface area contributed by atoms with Crippen molar-refractivity contribution in [2.45, 2.75) is 20.4 Å². The van der Waals surface area contributed by atoms with Gasteiger partial charge >= 0.3 is 5.97 Å². The van der Waals surface area contributed by atoms with Crippen LogP contribution in [0.15, 0.2) is 12.3 Å². The zero-order chi connectivity index (χ0) is 14.0. The lowest BCUT2D eigenvalue weighted by atomic mass is 10.3. The molecule has 0 aliphatic rings. The number of nitrogens with zero attached hydrogens (tertiary/aromatic N) is 4. The molecule has 0 fully saturated rings. The van der Waals surface area contributed by atoms with Crippen LogP contribution in [0.1, 0.15) is 28.8 Å². The summed E-state index contributed by atoms with van der Waals surface area (Å²) in [5, 5.41) is 8.40. The van der Waals surface area contributed by atoms with Gasteiger partial charge in [-0.3, -0.25) is 9.36 Å². The molecule has 0 atom stereocenters.